The number of carbonyl (C=O) groups excluding carboxylic acids is 1. The molecule has 0 spiro atoms. The van der Waals surface area contributed by atoms with Crippen molar-refractivity contribution in [2.24, 2.45) is 0 Å². The van der Waals surface area contributed by atoms with Gasteiger partial charge in [0, 0.05) is 38.6 Å². The fraction of sp³-hybridized carbons (Fsp3) is 0.615. The summed E-state index contributed by atoms with van der Waals surface area (Å²) in [5, 5.41) is 3.21. The first-order valence-electron chi connectivity index (χ1n) is 6.42. The molecule has 0 atom stereocenters. The van der Waals surface area contributed by atoms with Crippen molar-refractivity contribution < 1.29 is 4.79 Å². The lowest BCUT2D eigenvalue weighted by Gasteiger charge is -2.15. The average molecular weight is 235 g/mol. The third-order valence-electron chi connectivity index (χ3n) is 3.24. The van der Waals surface area contributed by atoms with Gasteiger partial charge in [0.2, 0.25) is 5.91 Å². The lowest BCUT2D eigenvalue weighted by Crippen LogP contribution is -2.35. The van der Waals surface area contributed by atoms with E-state index in [1.54, 1.807) is 0 Å². The van der Waals surface area contributed by atoms with Gasteiger partial charge in [0.05, 0.1) is 6.54 Å². The minimum absolute atomic E-state index is 0.234. The molecule has 94 valence electrons. The van der Waals surface area contributed by atoms with Crippen molar-refractivity contribution in [3.05, 3.63) is 24.0 Å². The van der Waals surface area contributed by atoms with E-state index in [1.165, 1.54) is 5.56 Å². The standard InChI is InChI=1S/C13H21N3O/c1-2-15-8-5-12(11-15)9-14-10-13(17)16-6-3-4-7-16/h5,8,11,14H,2-4,6-7,9-10H2,1H3. The van der Waals surface area contributed by atoms with Crippen LogP contribution in [0.2, 0.25) is 0 Å². The molecule has 2 heterocycles. The molecule has 0 aromatic carbocycles. The summed E-state index contributed by atoms with van der Waals surface area (Å²) in [6.07, 6.45) is 6.50. The molecule has 2 rings (SSSR count). The Kier molecular flexibility index (Phi) is 4.20. The number of nitrogens with zero attached hydrogens (tertiary/aromatic N) is 2. The van der Waals surface area contributed by atoms with Crippen molar-refractivity contribution in [3.8, 4) is 0 Å². The monoisotopic (exact) mass is 235 g/mol. The normalized spacial score (nSPS) is 15.5. The Balaban J connectivity index is 1.69. The Bertz CT molecular complexity index is 366. The van der Waals surface area contributed by atoms with Crippen LogP contribution in [0.3, 0.4) is 0 Å². The highest BCUT2D eigenvalue weighted by molar-refractivity contribution is 5.78. The van der Waals surface area contributed by atoms with Crippen LogP contribution in [-0.2, 0) is 17.9 Å². The Hall–Kier alpha value is -1.29. The van der Waals surface area contributed by atoms with Crippen molar-refractivity contribution in [2.45, 2.75) is 32.9 Å². The molecule has 1 N–H and O–H groups in total. The molecule has 0 saturated carbocycles. The minimum Gasteiger partial charge on any atom is -0.354 e. The Morgan fingerprint density at radius 2 is 2.18 bits per heavy atom. The van der Waals surface area contributed by atoms with Crippen LogP contribution in [0.5, 0.6) is 0 Å². The smallest absolute Gasteiger partial charge is 0.236 e. The van der Waals surface area contributed by atoms with Crippen LogP contribution in [0.15, 0.2) is 18.5 Å². The SMILES string of the molecule is CCn1ccc(CNCC(=O)N2CCCC2)c1. The minimum atomic E-state index is 0.234. The predicted octanol–water partition coefficient (Wildman–Crippen LogP) is 1.22. The summed E-state index contributed by atoms with van der Waals surface area (Å²) in [6.45, 7) is 6.21. The predicted molar refractivity (Wildman–Crippen MR) is 67.6 cm³/mol. The number of hydrogen-bond acceptors (Lipinski definition) is 2. The summed E-state index contributed by atoms with van der Waals surface area (Å²) in [7, 11) is 0. The van der Waals surface area contributed by atoms with Gasteiger partial charge in [-0.1, -0.05) is 0 Å². The van der Waals surface area contributed by atoms with Crippen LogP contribution in [0.25, 0.3) is 0 Å². The van der Waals surface area contributed by atoms with Crippen molar-refractivity contribution in [3.63, 3.8) is 0 Å². The fourth-order valence-corrected chi connectivity index (χ4v) is 2.18. The summed E-state index contributed by atoms with van der Waals surface area (Å²) >= 11 is 0. The Labute approximate surface area is 103 Å². The molecule has 4 heteroatoms. The molecule has 1 aromatic rings. The molecule has 1 aliphatic heterocycles. The number of aryl methyl sites for hydroxylation is 1. The van der Waals surface area contributed by atoms with Gasteiger partial charge in [0.15, 0.2) is 0 Å². The topological polar surface area (TPSA) is 37.3 Å². The second-order valence-electron chi connectivity index (χ2n) is 4.54. The van der Waals surface area contributed by atoms with Gasteiger partial charge >= 0.3 is 0 Å². The van der Waals surface area contributed by atoms with E-state index >= 15 is 0 Å². The van der Waals surface area contributed by atoms with Crippen LogP contribution in [0, 0.1) is 0 Å². The zero-order chi connectivity index (χ0) is 12.1. The van der Waals surface area contributed by atoms with Gasteiger partial charge < -0.3 is 14.8 Å². The molecule has 17 heavy (non-hydrogen) atoms. The Morgan fingerprint density at radius 1 is 1.41 bits per heavy atom. The van der Waals surface area contributed by atoms with Gasteiger partial charge in [0.25, 0.3) is 0 Å². The van der Waals surface area contributed by atoms with E-state index in [1.807, 2.05) is 4.90 Å². The number of rotatable bonds is 5. The lowest BCUT2D eigenvalue weighted by atomic mass is 10.3. The molecule has 0 aliphatic carbocycles. The Morgan fingerprint density at radius 3 is 2.82 bits per heavy atom. The summed E-state index contributed by atoms with van der Waals surface area (Å²) in [5.41, 5.74) is 1.24. The highest BCUT2D eigenvalue weighted by Crippen LogP contribution is 2.07. The molecule has 0 radical (unpaired) electrons. The summed E-state index contributed by atoms with van der Waals surface area (Å²) in [6, 6.07) is 2.09. The van der Waals surface area contributed by atoms with Crippen LogP contribution >= 0.6 is 0 Å². The zero-order valence-electron chi connectivity index (χ0n) is 10.5. The number of hydrogen-bond donors (Lipinski definition) is 1. The second kappa shape index (κ2) is 5.87. The van der Waals surface area contributed by atoms with Crippen molar-refractivity contribution in [2.75, 3.05) is 19.6 Å². The number of carbonyl (C=O) groups is 1. The molecular formula is C13H21N3O. The van der Waals surface area contributed by atoms with E-state index < -0.39 is 0 Å². The van der Waals surface area contributed by atoms with E-state index in [9.17, 15) is 4.79 Å². The molecule has 1 fully saturated rings. The highest BCUT2D eigenvalue weighted by Gasteiger charge is 2.16. The zero-order valence-corrected chi connectivity index (χ0v) is 10.5. The van der Waals surface area contributed by atoms with Crippen LogP contribution in [0.4, 0.5) is 0 Å². The number of amides is 1. The van der Waals surface area contributed by atoms with Crippen molar-refractivity contribution in [1.82, 2.24) is 14.8 Å². The van der Waals surface area contributed by atoms with Crippen molar-refractivity contribution in [1.29, 1.82) is 0 Å². The van der Waals surface area contributed by atoms with Crippen molar-refractivity contribution >= 4 is 5.91 Å². The van der Waals surface area contributed by atoms with Crippen LogP contribution in [-0.4, -0.2) is 35.0 Å². The van der Waals surface area contributed by atoms with E-state index in [-0.39, 0.29) is 5.91 Å². The third kappa shape index (κ3) is 3.33. The first-order chi connectivity index (χ1) is 8.29. The average Bonchev–Trinajstić information content (AvgIpc) is 3.00. The lowest BCUT2D eigenvalue weighted by molar-refractivity contribution is -0.129. The van der Waals surface area contributed by atoms with Gasteiger partial charge in [-0.25, -0.2) is 0 Å². The first-order valence-corrected chi connectivity index (χ1v) is 6.42. The van der Waals surface area contributed by atoms with Gasteiger partial charge in [-0.3, -0.25) is 4.79 Å². The van der Waals surface area contributed by atoms with E-state index in [0.29, 0.717) is 6.54 Å². The highest BCUT2D eigenvalue weighted by atomic mass is 16.2. The largest absolute Gasteiger partial charge is 0.354 e. The molecule has 0 bridgehead atoms. The second-order valence-corrected chi connectivity index (χ2v) is 4.54. The van der Waals surface area contributed by atoms with E-state index in [4.69, 9.17) is 0 Å². The van der Waals surface area contributed by atoms with Gasteiger partial charge in [-0.15, -0.1) is 0 Å². The molecular weight excluding hydrogens is 214 g/mol. The number of nitrogens with one attached hydrogen (secondary N) is 1. The maximum Gasteiger partial charge on any atom is 0.236 e. The van der Waals surface area contributed by atoms with Gasteiger partial charge in [-0.05, 0) is 31.4 Å². The van der Waals surface area contributed by atoms with Crippen LogP contribution < -0.4 is 5.32 Å². The number of likely N-dealkylation sites (tertiary alicyclic amines) is 1. The fourth-order valence-electron chi connectivity index (χ4n) is 2.18. The molecule has 1 aromatic heterocycles. The maximum atomic E-state index is 11.8. The summed E-state index contributed by atoms with van der Waals surface area (Å²) in [4.78, 5) is 13.7. The molecule has 4 nitrogen and oxygen atoms in total. The number of aromatic nitrogens is 1. The molecule has 1 amide bonds. The molecule has 1 aliphatic rings. The maximum absolute atomic E-state index is 11.8. The van der Waals surface area contributed by atoms with Crippen LogP contribution in [0.1, 0.15) is 25.3 Å². The quantitative estimate of drug-likeness (QED) is 0.833. The third-order valence-corrected chi connectivity index (χ3v) is 3.24. The molecule has 0 unspecified atom stereocenters. The summed E-state index contributed by atoms with van der Waals surface area (Å²) in [5.74, 6) is 0.234. The first kappa shape index (κ1) is 12.2. The summed E-state index contributed by atoms with van der Waals surface area (Å²) < 4.78 is 2.14. The van der Waals surface area contributed by atoms with Gasteiger partial charge in [0.1, 0.15) is 0 Å². The molecule has 1 saturated heterocycles. The van der Waals surface area contributed by atoms with Gasteiger partial charge in [-0.2, -0.15) is 0 Å². The van der Waals surface area contributed by atoms with E-state index in [0.717, 1.165) is 39.0 Å². The van der Waals surface area contributed by atoms with E-state index in [2.05, 4.69) is 35.3 Å².